The van der Waals surface area contributed by atoms with Crippen molar-refractivity contribution in [1.82, 2.24) is 9.13 Å². The summed E-state index contributed by atoms with van der Waals surface area (Å²) in [6.07, 6.45) is 14.6. The number of nitrogens with zero attached hydrogens (tertiary/aromatic N) is 2. The molecular weight excluding hydrogens is 599 g/mol. The van der Waals surface area contributed by atoms with Gasteiger partial charge in [-0.2, -0.15) is 0 Å². The maximum Gasteiger partial charge on any atom is 0.471 e. The van der Waals surface area contributed by atoms with Crippen LogP contribution in [0.4, 0.5) is 0 Å². The molecule has 2 heterocycles. The smallest absolute Gasteiger partial charge is 0.471 e. The van der Waals surface area contributed by atoms with Gasteiger partial charge in [-0.1, -0.05) is 57.8 Å². The van der Waals surface area contributed by atoms with Gasteiger partial charge in [-0.05, 0) is 44.9 Å². The zero-order valence-electron chi connectivity index (χ0n) is 26.4. The topological polar surface area (TPSA) is 157 Å². The minimum Gasteiger partial charge on any atom is -0.503 e. The fourth-order valence-corrected chi connectivity index (χ4v) is 5.67. The van der Waals surface area contributed by atoms with Gasteiger partial charge in [0.1, 0.15) is 0 Å². The van der Waals surface area contributed by atoms with Gasteiger partial charge in [0.2, 0.25) is 10.9 Å². The number of Topliss-reactive ketones (excluding diaryl/α,β-unsaturated/α-hetero) is 1. The van der Waals surface area contributed by atoms with Crippen LogP contribution in [0.3, 0.4) is 0 Å². The number of phosphoric acid groups is 1. The van der Waals surface area contributed by atoms with Gasteiger partial charge in [0, 0.05) is 55.0 Å². The summed E-state index contributed by atoms with van der Waals surface area (Å²) in [5, 5.41) is 20.5. The molecule has 1 unspecified atom stereocenters. The van der Waals surface area contributed by atoms with Crippen LogP contribution >= 0.6 is 7.82 Å². The molecule has 3 N–H and O–H groups in total. The summed E-state index contributed by atoms with van der Waals surface area (Å²) in [4.78, 5) is 46.4. The van der Waals surface area contributed by atoms with Gasteiger partial charge in [-0.15, -0.1) is 0 Å². The van der Waals surface area contributed by atoms with Crippen molar-refractivity contribution in [3.05, 3.63) is 80.1 Å². The molecule has 1 aromatic carbocycles. The van der Waals surface area contributed by atoms with E-state index in [0.717, 1.165) is 77.7 Å². The number of unbranched alkanes of at least 4 members (excludes halogenated alkanes) is 10. The number of ketones is 1. The van der Waals surface area contributed by atoms with Gasteiger partial charge in [0.05, 0.1) is 18.0 Å². The third kappa shape index (κ3) is 10.5. The van der Waals surface area contributed by atoms with Crippen LogP contribution in [0.25, 0.3) is 11.4 Å². The molecule has 0 aliphatic carbocycles. The van der Waals surface area contributed by atoms with Crippen molar-refractivity contribution in [2.24, 2.45) is 0 Å². The molecule has 0 aliphatic rings. The molecule has 0 spiro atoms. The maximum absolute atomic E-state index is 13.3. The summed E-state index contributed by atoms with van der Waals surface area (Å²) < 4.78 is 23.7. The molecule has 0 aliphatic heterocycles. The van der Waals surface area contributed by atoms with E-state index in [0.29, 0.717) is 34.7 Å². The van der Waals surface area contributed by atoms with E-state index in [1.807, 2.05) is 0 Å². The number of aromatic nitrogens is 2. The summed E-state index contributed by atoms with van der Waals surface area (Å²) >= 11 is 0. The number of hydrogen-bond acceptors (Lipinski definition) is 8. The van der Waals surface area contributed by atoms with Crippen molar-refractivity contribution in [3.63, 3.8) is 0 Å². The van der Waals surface area contributed by atoms with Crippen LogP contribution in [-0.2, 0) is 13.6 Å². The van der Waals surface area contributed by atoms with Crippen molar-refractivity contribution in [2.75, 3.05) is 13.7 Å². The Morgan fingerprint density at radius 2 is 1.16 bits per heavy atom. The molecule has 2 aromatic heterocycles. The summed E-state index contributed by atoms with van der Waals surface area (Å²) in [5.74, 6) is -0.796. The Labute approximate surface area is 263 Å². The zero-order valence-corrected chi connectivity index (χ0v) is 27.3. The lowest BCUT2D eigenvalue weighted by Crippen LogP contribution is -2.12. The van der Waals surface area contributed by atoms with E-state index in [4.69, 9.17) is 4.52 Å². The molecule has 3 aromatic rings. The minimum absolute atomic E-state index is 0.0432. The van der Waals surface area contributed by atoms with Crippen LogP contribution < -0.4 is 10.9 Å². The van der Waals surface area contributed by atoms with Crippen molar-refractivity contribution in [3.8, 4) is 22.9 Å². The van der Waals surface area contributed by atoms with Crippen LogP contribution in [0.15, 0.2) is 52.3 Å². The van der Waals surface area contributed by atoms with E-state index in [-0.39, 0.29) is 23.9 Å². The first-order valence-corrected chi connectivity index (χ1v) is 17.0. The van der Waals surface area contributed by atoms with Crippen LogP contribution in [-0.4, -0.2) is 43.7 Å². The lowest BCUT2D eigenvalue weighted by Gasteiger charge is -2.17. The molecule has 0 saturated carbocycles. The summed E-state index contributed by atoms with van der Waals surface area (Å²) in [6.45, 7) is 3.44. The first-order valence-electron chi connectivity index (χ1n) is 15.5. The van der Waals surface area contributed by atoms with Crippen LogP contribution in [0.5, 0.6) is 11.5 Å². The van der Waals surface area contributed by atoms with Crippen LogP contribution in [0.1, 0.15) is 98.8 Å². The van der Waals surface area contributed by atoms with E-state index in [2.05, 4.69) is 4.52 Å². The Morgan fingerprint density at radius 3 is 1.60 bits per heavy atom. The lowest BCUT2D eigenvalue weighted by molar-refractivity contribution is 0.0979. The highest BCUT2D eigenvalue weighted by atomic mass is 31.2. The molecule has 246 valence electrons. The maximum atomic E-state index is 13.3. The Balaban J connectivity index is 1.51. The van der Waals surface area contributed by atoms with Crippen LogP contribution in [0.2, 0.25) is 0 Å². The Kier molecular flexibility index (Phi) is 13.8. The van der Waals surface area contributed by atoms with Crippen LogP contribution in [0, 0.1) is 13.8 Å². The van der Waals surface area contributed by atoms with Gasteiger partial charge < -0.3 is 24.2 Å². The number of carbonyl (C=O) groups is 1. The molecular formula is C33H45N2O9P. The number of hydrogen-bond donors (Lipinski definition) is 3. The van der Waals surface area contributed by atoms with Crippen molar-refractivity contribution in [1.29, 1.82) is 0 Å². The normalized spacial score (nSPS) is 12.7. The Bertz CT molecular complexity index is 1530. The first-order chi connectivity index (χ1) is 21.4. The van der Waals surface area contributed by atoms with E-state index >= 15 is 0 Å². The number of carbonyl (C=O) groups excluding carboxylic acids is 1. The van der Waals surface area contributed by atoms with E-state index in [9.17, 15) is 34.1 Å². The summed E-state index contributed by atoms with van der Waals surface area (Å²) in [6, 6.07) is 7.71. The molecule has 0 amide bonds. The predicted molar refractivity (Wildman–Crippen MR) is 173 cm³/mol. The van der Waals surface area contributed by atoms with Gasteiger partial charge in [-0.3, -0.25) is 23.4 Å². The number of benzene rings is 1. The van der Waals surface area contributed by atoms with E-state index in [1.165, 1.54) is 24.5 Å². The highest BCUT2D eigenvalue weighted by Gasteiger charge is 2.17. The number of rotatable bonds is 19. The molecule has 12 heteroatoms. The second kappa shape index (κ2) is 17.3. The van der Waals surface area contributed by atoms with Crippen molar-refractivity contribution < 1.29 is 33.5 Å². The average Bonchev–Trinajstić information content (AvgIpc) is 3.02. The third-order valence-corrected chi connectivity index (χ3v) is 8.91. The van der Waals surface area contributed by atoms with Crippen molar-refractivity contribution >= 4 is 13.6 Å². The number of aromatic hydroxyl groups is 2. The summed E-state index contributed by atoms with van der Waals surface area (Å²) in [5.41, 5.74) is 1.21. The number of pyridine rings is 2. The second-order valence-corrected chi connectivity index (χ2v) is 12.8. The van der Waals surface area contributed by atoms with Gasteiger partial charge in [0.25, 0.3) is 0 Å². The highest BCUT2D eigenvalue weighted by molar-refractivity contribution is 7.47. The lowest BCUT2D eigenvalue weighted by atomic mass is 10.0. The molecule has 0 bridgehead atoms. The number of phosphoric ester groups is 1. The Hall–Kier alpha value is -3.50. The SMILES string of the molecule is COP(=O)(O)OCCCCCCCCCCCCCC(=O)c1cc(-n2ccc(=O)c(O)c2C)cc(-n2ccc(=O)c(O)c2C)c1. The third-order valence-electron chi connectivity index (χ3n) is 7.94. The Morgan fingerprint density at radius 1 is 0.733 bits per heavy atom. The molecule has 3 rings (SSSR count). The quantitative estimate of drug-likeness (QED) is 0.0739. The molecule has 0 saturated heterocycles. The van der Waals surface area contributed by atoms with E-state index in [1.54, 1.807) is 41.2 Å². The molecule has 0 fully saturated rings. The average molecular weight is 645 g/mol. The minimum atomic E-state index is -3.87. The molecule has 0 radical (unpaired) electrons. The highest BCUT2D eigenvalue weighted by Crippen LogP contribution is 2.42. The van der Waals surface area contributed by atoms with Gasteiger partial charge >= 0.3 is 7.82 Å². The fourth-order valence-electron chi connectivity index (χ4n) is 5.20. The molecule has 45 heavy (non-hydrogen) atoms. The monoisotopic (exact) mass is 644 g/mol. The van der Waals surface area contributed by atoms with Gasteiger partial charge in [-0.25, -0.2) is 4.57 Å². The van der Waals surface area contributed by atoms with E-state index < -0.39 is 18.7 Å². The van der Waals surface area contributed by atoms with Crippen molar-refractivity contribution in [2.45, 2.75) is 90.9 Å². The first kappa shape index (κ1) is 36.0. The largest absolute Gasteiger partial charge is 0.503 e. The van der Waals surface area contributed by atoms with Gasteiger partial charge in [0.15, 0.2) is 17.3 Å². The fraction of sp³-hybridized carbons (Fsp3) is 0.485. The standard InChI is InChI=1S/C33H45N2O9P/c1-24-32(39)30(37)16-18-34(24)27-21-26(22-28(23-27)35-19-17-31(38)33(40)25(35)2)29(36)15-13-11-9-7-5-4-6-8-10-12-14-20-44-45(41,42)43-3/h16-19,21-23,39-40H,4-15,20H2,1-3H3,(H,41,42). The zero-order chi connectivity index (χ0) is 33.0. The predicted octanol–water partition coefficient (Wildman–Crippen LogP) is 6.64. The molecule has 11 nitrogen and oxygen atoms in total. The molecule has 1 atom stereocenters. The second-order valence-electron chi connectivity index (χ2n) is 11.3. The summed E-state index contributed by atoms with van der Waals surface area (Å²) in [7, 11) is -2.72.